The number of carbonyl (C=O) groups excluding carboxylic acids is 2. The monoisotopic (exact) mass is 478 g/mol. The highest BCUT2D eigenvalue weighted by atomic mass is 32.2. The Morgan fingerprint density at radius 3 is 2.40 bits per heavy atom. The number of anilines is 2. The van der Waals surface area contributed by atoms with Gasteiger partial charge in [-0.1, -0.05) is 11.3 Å². The van der Waals surface area contributed by atoms with Crippen molar-refractivity contribution in [3.63, 3.8) is 0 Å². The van der Waals surface area contributed by atoms with E-state index in [1.165, 1.54) is 12.3 Å². The van der Waals surface area contributed by atoms with Crippen molar-refractivity contribution in [3.8, 4) is 0 Å². The number of ether oxygens (including phenoxy) is 1. The van der Waals surface area contributed by atoms with Crippen LogP contribution in [0, 0.1) is 0 Å². The van der Waals surface area contributed by atoms with Gasteiger partial charge in [0.25, 0.3) is 10.0 Å². The number of thiazole rings is 1. The van der Waals surface area contributed by atoms with Crippen LogP contribution in [-0.4, -0.2) is 52.3 Å². The van der Waals surface area contributed by atoms with Crippen molar-refractivity contribution >= 4 is 60.9 Å². The molecule has 2 aromatic heterocycles. The minimum Gasteiger partial charge on any atom is -0.480 e. The molecule has 4 N–H and O–H groups in total. The smallest absolute Gasteiger partial charge is 0.413 e. The van der Waals surface area contributed by atoms with Gasteiger partial charge in [0.2, 0.25) is 15.4 Å². The molecule has 0 saturated carbocycles. The Kier molecular flexibility index (Phi) is 7.06. The molecule has 164 valence electrons. The molecule has 0 fully saturated rings. The normalized spacial score (nSPS) is 12.8. The maximum absolute atomic E-state index is 12.5. The van der Waals surface area contributed by atoms with E-state index in [2.05, 4.69) is 25.8 Å². The summed E-state index contributed by atoms with van der Waals surface area (Å²) >= 11 is 1.44. The molecule has 1 atom stereocenters. The van der Waals surface area contributed by atoms with Crippen LogP contribution in [-0.2, 0) is 24.3 Å². The first-order valence-corrected chi connectivity index (χ1v) is 11.3. The Hall–Kier alpha value is -2.69. The Morgan fingerprint density at radius 1 is 1.17 bits per heavy atom. The second-order valence-corrected chi connectivity index (χ2v) is 10.4. The number of hydrogen-bond donors (Lipinski definition) is 4. The average molecular weight is 479 g/mol. The van der Waals surface area contributed by atoms with Gasteiger partial charge < -0.3 is 15.2 Å². The fourth-order valence-electron chi connectivity index (χ4n) is 1.83. The highest BCUT2D eigenvalue weighted by Crippen LogP contribution is 2.25. The summed E-state index contributed by atoms with van der Waals surface area (Å²) in [6, 6.07) is -1.76. The Bertz CT molecular complexity index is 1060. The third-order valence-electron chi connectivity index (χ3n) is 2.86. The van der Waals surface area contributed by atoms with Crippen LogP contribution in [0.3, 0.4) is 0 Å². The Morgan fingerprint density at radius 2 is 1.83 bits per heavy atom. The first-order valence-electron chi connectivity index (χ1n) is 8.08. The van der Waals surface area contributed by atoms with Gasteiger partial charge in [-0.25, -0.2) is 18.2 Å². The number of nitrogens with one attached hydrogen (secondary N) is 3. The second kappa shape index (κ2) is 8.99. The molecule has 13 nitrogen and oxygen atoms in total. The molecule has 16 heteroatoms. The number of carbonyl (C=O) groups is 3. The minimum atomic E-state index is -4.39. The molecule has 2 heterocycles. The molecule has 0 radical (unpaired) electrons. The zero-order chi connectivity index (χ0) is 22.7. The van der Waals surface area contributed by atoms with Crippen LogP contribution in [0.5, 0.6) is 0 Å². The summed E-state index contributed by atoms with van der Waals surface area (Å²) in [6.07, 6.45) is -0.796. The van der Waals surface area contributed by atoms with E-state index in [9.17, 15) is 27.9 Å². The molecule has 2 rings (SSSR count). The van der Waals surface area contributed by atoms with E-state index in [0.29, 0.717) is 11.3 Å². The third-order valence-corrected chi connectivity index (χ3v) is 6.27. The lowest BCUT2D eigenvalue weighted by Crippen LogP contribution is -2.34. The number of nitrogens with zero attached hydrogens (tertiary/aromatic N) is 3. The lowest BCUT2D eigenvalue weighted by atomic mass is 10.2. The van der Waals surface area contributed by atoms with E-state index < -0.39 is 44.0 Å². The molecule has 0 aliphatic rings. The van der Waals surface area contributed by atoms with Crippen LogP contribution in [0.25, 0.3) is 0 Å². The number of carboxylic acids is 1. The van der Waals surface area contributed by atoms with E-state index in [0.717, 1.165) is 11.3 Å². The fourth-order valence-corrected chi connectivity index (χ4v) is 4.68. The summed E-state index contributed by atoms with van der Waals surface area (Å²) < 4.78 is 31.4. The van der Waals surface area contributed by atoms with Crippen molar-refractivity contribution in [2.75, 3.05) is 10.6 Å². The summed E-state index contributed by atoms with van der Waals surface area (Å²) in [7, 11) is -4.39. The van der Waals surface area contributed by atoms with Crippen molar-refractivity contribution in [1.29, 1.82) is 0 Å². The zero-order valence-corrected chi connectivity index (χ0v) is 18.6. The van der Waals surface area contributed by atoms with Gasteiger partial charge >= 0.3 is 12.1 Å². The summed E-state index contributed by atoms with van der Waals surface area (Å²) in [5.74, 6) is -2.00. The molecule has 0 unspecified atom stereocenters. The van der Waals surface area contributed by atoms with E-state index >= 15 is 0 Å². The molecule has 0 spiro atoms. The predicted octanol–water partition coefficient (Wildman–Crippen LogP) is 1.40. The number of aliphatic carboxylic acids is 1. The van der Waals surface area contributed by atoms with Gasteiger partial charge in [-0.3, -0.25) is 14.9 Å². The highest BCUT2D eigenvalue weighted by molar-refractivity contribution is 7.91. The second-order valence-electron chi connectivity index (χ2n) is 6.65. The number of aromatic nitrogens is 3. The van der Waals surface area contributed by atoms with Crippen molar-refractivity contribution in [3.05, 3.63) is 11.1 Å². The standard InChI is InChI=1S/C14H18N6O7S3/c1-6(21)15-11-18-19-13(29-11)30(25,26)20-8(9(22)23)7-5-28-10(16-7)17-12(24)27-14(2,3)4/h5,8,20H,1-4H3,(H,22,23)(H,15,18,21)(H,16,17,24)/t8-/m1/s1. The number of rotatable bonds is 7. The number of hydrogen-bond acceptors (Lipinski definition) is 11. The Labute approximate surface area is 178 Å². The predicted molar refractivity (Wildman–Crippen MR) is 107 cm³/mol. The minimum absolute atomic E-state index is 0.0218. The van der Waals surface area contributed by atoms with Crippen LogP contribution in [0.1, 0.15) is 39.4 Å². The SMILES string of the molecule is CC(=O)Nc1nnc(S(=O)(=O)N[C@@H](C(=O)O)c2csc(NC(=O)OC(C)(C)C)n2)s1. The van der Waals surface area contributed by atoms with E-state index in [-0.39, 0.29) is 16.0 Å². The Balaban J connectivity index is 2.17. The average Bonchev–Trinajstić information content (AvgIpc) is 3.20. The van der Waals surface area contributed by atoms with Crippen molar-refractivity contribution in [2.45, 2.75) is 43.7 Å². The quantitative estimate of drug-likeness (QED) is 0.423. The maximum Gasteiger partial charge on any atom is 0.413 e. The molecule has 0 bridgehead atoms. The number of amides is 2. The van der Waals surface area contributed by atoms with Gasteiger partial charge in [0, 0.05) is 12.3 Å². The van der Waals surface area contributed by atoms with Crippen LogP contribution < -0.4 is 15.4 Å². The lowest BCUT2D eigenvalue weighted by molar-refractivity contribution is -0.139. The van der Waals surface area contributed by atoms with Gasteiger partial charge in [0.15, 0.2) is 11.2 Å². The van der Waals surface area contributed by atoms with Crippen LogP contribution in [0.15, 0.2) is 9.72 Å². The fraction of sp³-hybridized carbons (Fsp3) is 0.429. The summed E-state index contributed by atoms with van der Waals surface area (Å²) in [5, 5.41) is 22.2. The molecule has 0 aliphatic carbocycles. The molecular formula is C14H18N6O7S3. The van der Waals surface area contributed by atoms with Crippen LogP contribution in [0.4, 0.5) is 15.1 Å². The van der Waals surface area contributed by atoms with Crippen LogP contribution in [0.2, 0.25) is 0 Å². The molecule has 0 saturated heterocycles. The molecule has 0 aliphatic heterocycles. The van der Waals surface area contributed by atoms with Crippen molar-refractivity contribution in [1.82, 2.24) is 19.9 Å². The number of carboxylic acid groups (broad SMARTS) is 1. The van der Waals surface area contributed by atoms with Gasteiger partial charge in [0.05, 0.1) is 5.69 Å². The van der Waals surface area contributed by atoms with Crippen molar-refractivity contribution < 1.29 is 32.6 Å². The maximum atomic E-state index is 12.5. The van der Waals surface area contributed by atoms with Gasteiger partial charge in [-0.05, 0) is 20.8 Å². The third kappa shape index (κ3) is 6.68. The molecule has 2 amide bonds. The first-order chi connectivity index (χ1) is 13.8. The topological polar surface area (TPSA) is 190 Å². The summed E-state index contributed by atoms with van der Waals surface area (Å²) in [4.78, 5) is 38.4. The van der Waals surface area contributed by atoms with E-state index in [1.54, 1.807) is 20.8 Å². The van der Waals surface area contributed by atoms with Gasteiger partial charge in [0.1, 0.15) is 5.60 Å². The summed E-state index contributed by atoms with van der Waals surface area (Å²) in [5.41, 5.74) is -0.907. The molecular weight excluding hydrogens is 460 g/mol. The molecule has 0 aromatic carbocycles. The largest absolute Gasteiger partial charge is 0.480 e. The highest BCUT2D eigenvalue weighted by Gasteiger charge is 2.31. The molecule has 2 aromatic rings. The van der Waals surface area contributed by atoms with Gasteiger partial charge in [-0.2, -0.15) is 4.72 Å². The van der Waals surface area contributed by atoms with E-state index in [4.69, 9.17) is 4.74 Å². The summed E-state index contributed by atoms with van der Waals surface area (Å²) in [6.45, 7) is 6.21. The molecule has 30 heavy (non-hydrogen) atoms. The zero-order valence-electron chi connectivity index (χ0n) is 16.1. The lowest BCUT2D eigenvalue weighted by Gasteiger charge is -2.18. The first kappa shape index (κ1) is 23.6. The van der Waals surface area contributed by atoms with Crippen LogP contribution >= 0.6 is 22.7 Å². The number of sulfonamides is 1. The van der Waals surface area contributed by atoms with Gasteiger partial charge in [-0.15, -0.1) is 21.5 Å². The van der Waals surface area contributed by atoms with E-state index in [1.807, 2.05) is 4.72 Å². The van der Waals surface area contributed by atoms with Crippen molar-refractivity contribution in [2.24, 2.45) is 0 Å².